The molecule has 4 rings (SSSR count). The van der Waals surface area contributed by atoms with Crippen LogP contribution < -0.4 is 0 Å². The van der Waals surface area contributed by atoms with Crippen LogP contribution in [0.15, 0.2) is 79.0 Å². The molecule has 0 spiro atoms. The molecule has 0 saturated heterocycles. The van der Waals surface area contributed by atoms with Gasteiger partial charge < -0.3 is 5.11 Å². The number of aryl methyl sites for hydroxylation is 1. The number of phenols is 1. The largest absolute Gasteiger partial charge is 0.508 e. The maximum atomic E-state index is 9.75. The molecule has 0 aliphatic carbocycles. The predicted molar refractivity (Wildman–Crippen MR) is 99.0 cm³/mol. The Morgan fingerprint density at radius 1 is 0.750 bits per heavy atom. The van der Waals surface area contributed by atoms with Crippen LogP contribution in [0.4, 0.5) is 0 Å². The van der Waals surface area contributed by atoms with Crippen molar-refractivity contribution in [2.24, 2.45) is 0 Å². The lowest BCUT2D eigenvalue weighted by molar-refractivity contribution is 0.471. The van der Waals surface area contributed by atoms with E-state index in [-0.39, 0.29) is 0 Å². The molecule has 4 aromatic rings. The lowest BCUT2D eigenvalue weighted by Gasteiger charge is -2.10. The Morgan fingerprint density at radius 2 is 1.54 bits per heavy atom. The van der Waals surface area contributed by atoms with Gasteiger partial charge in [-0.05, 0) is 59.0 Å². The minimum atomic E-state index is 0.323. The summed E-state index contributed by atoms with van der Waals surface area (Å²) < 4.78 is 0. The first-order chi connectivity index (χ1) is 11.7. The van der Waals surface area contributed by atoms with Crippen molar-refractivity contribution in [3.8, 4) is 28.0 Å². The second kappa shape index (κ2) is 5.82. The highest BCUT2D eigenvalue weighted by atomic mass is 16.3. The molecule has 116 valence electrons. The molecule has 1 aromatic heterocycles. The predicted octanol–water partition coefficient (Wildman–Crippen LogP) is 5.58. The minimum absolute atomic E-state index is 0.323. The SMILES string of the molecule is Cc1cc(-c2ccnc3cc(-c4ccccc4)ccc23)ccc1O. The van der Waals surface area contributed by atoms with Crippen molar-refractivity contribution in [3.05, 3.63) is 84.6 Å². The maximum Gasteiger partial charge on any atom is 0.118 e. The van der Waals surface area contributed by atoms with Crippen LogP contribution in [0.25, 0.3) is 33.2 Å². The molecule has 0 bridgehead atoms. The molecule has 0 amide bonds. The first kappa shape index (κ1) is 14.5. The van der Waals surface area contributed by atoms with Gasteiger partial charge >= 0.3 is 0 Å². The van der Waals surface area contributed by atoms with E-state index in [1.165, 1.54) is 5.56 Å². The quantitative estimate of drug-likeness (QED) is 0.524. The molecular formula is C22H17NO. The van der Waals surface area contributed by atoms with Gasteiger partial charge in [-0.15, -0.1) is 0 Å². The van der Waals surface area contributed by atoms with E-state index in [4.69, 9.17) is 0 Å². The molecule has 0 unspecified atom stereocenters. The van der Waals surface area contributed by atoms with Crippen LogP contribution in [0.3, 0.4) is 0 Å². The van der Waals surface area contributed by atoms with Crippen LogP contribution in [-0.4, -0.2) is 10.1 Å². The summed E-state index contributed by atoms with van der Waals surface area (Å²) in [5.74, 6) is 0.323. The van der Waals surface area contributed by atoms with Crippen LogP contribution in [0.5, 0.6) is 5.75 Å². The first-order valence-corrected chi connectivity index (χ1v) is 7.96. The second-order valence-corrected chi connectivity index (χ2v) is 5.96. The van der Waals surface area contributed by atoms with E-state index in [0.717, 1.165) is 33.2 Å². The highest BCUT2D eigenvalue weighted by Crippen LogP contribution is 2.32. The zero-order chi connectivity index (χ0) is 16.5. The van der Waals surface area contributed by atoms with Gasteiger partial charge in [0.25, 0.3) is 0 Å². The molecule has 0 aliphatic rings. The summed E-state index contributed by atoms with van der Waals surface area (Å²) in [7, 11) is 0. The fourth-order valence-electron chi connectivity index (χ4n) is 3.03. The fraction of sp³-hybridized carbons (Fsp3) is 0.0455. The van der Waals surface area contributed by atoms with E-state index >= 15 is 0 Å². The molecule has 0 atom stereocenters. The highest BCUT2D eigenvalue weighted by molar-refractivity contribution is 5.96. The zero-order valence-electron chi connectivity index (χ0n) is 13.4. The maximum absolute atomic E-state index is 9.75. The number of nitrogens with zero attached hydrogens (tertiary/aromatic N) is 1. The molecular weight excluding hydrogens is 294 g/mol. The standard InChI is InChI=1S/C22H17NO/c1-15-13-18(8-10-22(15)24)19-11-12-23-21-14-17(7-9-20(19)21)16-5-3-2-4-6-16/h2-14,24H,1H3. The monoisotopic (exact) mass is 311 g/mol. The number of phenolic OH excluding ortho intramolecular Hbond substituents is 1. The fourth-order valence-corrected chi connectivity index (χ4v) is 3.03. The Hall–Kier alpha value is -3.13. The Morgan fingerprint density at radius 3 is 2.33 bits per heavy atom. The summed E-state index contributed by atoms with van der Waals surface area (Å²) in [5.41, 5.74) is 6.41. The number of benzene rings is 3. The smallest absolute Gasteiger partial charge is 0.118 e. The van der Waals surface area contributed by atoms with Gasteiger partial charge in [-0.25, -0.2) is 0 Å². The molecule has 1 heterocycles. The third kappa shape index (κ3) is 2.52. The number of aromatic hydroxyl groups is 1. The minimum Gasteiger partial charge on any atom is -0.508 e. The summed E-state index contributed by atoms with van der Waals surface area (Å²) in [6.07, 6.45) is 1.84. The number of pyridine rings is 1. The van der Waals surface area contributed by atoms with Crippen molar-refractivity contribution in [1.82, 2.24) is 4.98 Å². The topological polar surface area (TPSA) is 33.1 Å². The van der Waals surface area contributed by atoms with E-state index in [1.54, 1.807) is 6.07 Å². The van der Waals surface area contributed by atoms with Crippen molar-refractivity contribution in [2.75, 3.05) is 0 Å². The number of hydrogen-bond acceptors (Lipinski definition) is 2. The summed E-state index contributed by atoms with van der Waals surface area (Å²) in [5, 5.41) is 10.9. The van der Waals surface area contributed by atoms with Crippen LogP contribution in [0.1, 0.15) is 5.56 Å². The summed E-state index contributed by atoms with van der Waals surface area (Å²) >= 11 is 0. The van der Waals surface area contributed by atoms with E-state index in [1.807, 2.05) is 49.5 Å². The average Bonchev–Trinajstić information content (AvgIpc) is 2.64. The van der Waals surface area contributed by atoms with Crippen molar-refractivity contribution in [2.45, 2.75) is 6.92 Å². The van der Waals surface area contributed by atoms with Crippen molar-refractivity contribution < 1.29 is 5.11 Å². The summed E-state index contributed by atoms with van der Waals surface area (Å²) in [4.78, 5) is 4.54. The van der Waals surface area contributed by atoms with Gasteiger partial charge in [-0.1, -0.05) is 48.5 Å². The van der Waals surface area contributed by atoms with Crippen LogP contribution in [0, 0.1) is 6.92 Å². The third-order valence-corrected chi connectivity index (χ3v) is 4.36. The second-order valence-electron chi connectivity index (χ2n) is 5.96. The number of rotatable bonds is 2. The van der Waals surface area contributed by atoms with Gasteiger partial charge in [0.05, 0.1) is 5.52 Å². The van der Waals surface area contributed by atoms with Crippen LogP contribution in [-0.2, 0) is 0 Å². The van der Waals surface area contributed by atoms with Gasteiger partial charge in [-0.2, -0.15) is 0 Å². The highest BCUT2D eigenvalue weighted by Gasteiger charge is 2.08. The molecule has 0 saturated carbocycles. The van der Waals surface area contributed by atoms with E-state index in [9.17, 15) is 5.11 Å². The van der Waals surface area contributed by atoms with Crippen molar-refractivity contribution in [3.63, 3.8) is 0 Å². The normalized spacial score (nSPS) is 10.9. The number of fused-ring (bicyclic) bond motifs is 1. The summed E-state index contributed by atoms with van der Waals surface area (Å²) in [6.45, 7) is 1.91. The molecule has 0 fully saturated rings. The van der Waals surface area contributed by atoms with Gasteiger partial charge in [0.1, 0.15) is 5.75 Å². The molecule has 0 radical (unpaired) electrons. The van der Waals surface area contributed by atoms with Gasteiger partial charge in [0.15, 0.2) is 0 Å². The van der Waals surface area contributed by atoms with E-state index in [2.05, 4.69) is 35.3 Å². The Balaban J connectivity index is 1.88. The third-order valence-electron chi connectivity index (χ3n) is 4.36. The number of aromatic nitrogens is 1. The number of hydrogen-bond donors (Lipinski definition) is 1. The Bertz CT molecular complexity index is 1020. The summed E-state index contributed by atoms with van der Waals surface area (Å²) in [6, 6.07) is 24.4. The van der Waals surface area contributed by atoms with Gasteiger partial charge in [-0.3, -0.25) is 4.98 Å². The van der Waals surface area contributed by atoms with Crippen molar-refractivity contribution >= 4 is 10.9 Å². The molecule has 2 nitrogen and oxygen atoms in total. The first-order valence-electron chi connectivity index (χ1n) is 7.96. The Kier molecular flexibility index (Phi) is 3.51. The van der Waals surface area contributed by atoms with Crippen LogP contribution >= 0.6 is 0 Å². The molecule has 3 aromatic carbocycles. The van der Waals surface area contributed by atoms with E-state index in [0.29, 0.717) is 5.75 Å². The van der Waals surface area contributed by atoms with Gasteiger partial charge in [0.2, 0.25) is 0 Å². The van der Waals surface area contributed by atoms with Crippen LogP contribution in [0.2, 0.25) is 0 Å². The molecule has 0 aliphatic heterocycles. The van der Waals surface area contributed by atoms with Gasteiger partial charge in [0, 0.05) is 11.6 Å². The average molecular weight is 311 g/mol. The lowest BCUT2D eigenvalue weighted by Crippen LogP contribution is -1.87. The molecule has 24 heavy (non-hydrogen) atoms. The lowest BCUT2D eigenvalue weighted by atomic mass is 9.97. The van der Waals surface area contributed by atoms with E-state index < -0.39 is 0 Å². The molecule has 1 N–H and O–H groups in total. The Labute approximate surface area is 141 Å². The molecule has 2 heteroatoms. The zero-order valence-corrected chi connectivity index (χ0v) is 13.4. The van der Waals surface area contributed by atoms with Crippen molar-refractivity contribution in [1.29, 1.82) is 0 Å².